The average Bonchev–Trinajstić information content (AvgIpc) is 3.09. The minimum Gasteiger partial charge on any atom is -0.291 e. The van der Waals surface area contributed by atoms with Gasteiger partial charge in [0.25, 0.3) is 5.56 Å². The van der Waals surface area contributed by atoms with Crippen molar-refractivity contribution in [3.8, 4) is 0 Å². The van der Waals surface area contributed by atoms with E-state index in [2.05, 4.69) is 16.9 Å². The highest BCUT2D eigenvalue weighted by Crippen LogP contribution is 2.22. The van der Waals surface area contributed by atoms with Gasteiger partial charge in [0.1, 0.15) is 0 Å². The van der Waals surface area contributed by atoms with Gasteiger partial charge in [0.15, 0.2) is 5.16 Å². The van der Waals surface area contributed by atoms with E-state index < -0.39 is 0 Å². The molecule has 0 fully saturated rings. The third-order valence-electron chi connectivity index (χ3n) is 4.20. The van der Waals surface area contributed by atoms with Crippen LogP contribution in [0.1, 0.15) is 25.5 Å². The maximum atomic E-state index is 12.9. The van der Waals surface area contributed by atoms with Gasteiger partial charge in [-0.1, -0.05) is 37.2 Å². The second-order valence-electron chi connectivity index (χ2n) is 6.07. The summed E-state index contributed by atoms with van der Waals surface area (Å²) in [7, 11) is 0. The first kappa shape index (κ1) is 16.8. The van der Waals surface area contributed by atoms with Gasteiger partial charge in [-0.05, 0) is 24.6 Å². The highest BCUT2D eigenvalue weighted by atomic mass is 32.2. The van der Waals surface area contributed by atoms with Crippen LogP contribution in [0.5, 0.6) is 0 Å². The first-order valence-electron chi connectivity index (χ1n) is 8.67. The smallest absolute Gasteiger partial charge is 0.262 e. The topological polar surface area (TPSA) is 65.1 Å². The molecule has 7 heteroatoms. The van der Waals surface area contributed by atoms with Crippen molar-refractivity contribution in [3.05, 3.63) is 65.0 Å². The monoisotopic (exact) mass is 365 g/mol. The Labute approximate surface area is 154 Å². The summed E-state index contributed by atoms with van der Waals surface area (Å²) in [5.74, 6) is 1.32. The van der Waals surface area contributed by atoms with E-state index in [1.165, 1.54) is 0 Å². The number of para-hydroxylation sites is 1. The SMILES string of the molecule is CCCCn1c(SCc2cn3cccnc3n2)nc2ccccc2c1=O. The van der Waals surface area contributed by atoms with Gasteiger partial charge in [-0.15, -0.1) is 0 Å². The zero-order valence-corrected chi connectivity index (χ0v) is 15.3. The molecule has 26 heavy (non-hydrogen) atoms. The van der Waals surface area contributed by atoms with Crippen LogP contribution in [0, 0.1) is 0 Å². The van der Waals surface area contributed by atoms with Gasteiger partial charge in [-0.2, -0.15) is 0 Å². The molecule has 0 spiro atoms. The first-order valence-corrected chi connectivity index (χ1v) is 9.66. The van der Waals surface area contributed by atoms with Gasteiger partial charge < -0.3 is 0 Å². The molecule has 0 bridgehead atoms. The Balaban J connectivity index is 1.68. The number of nitrogens with zero attached hydrogens (tertiary/aromatic N) is 5. The fourth-order valence-electron chi connectivity index (χ4n) is 2.86. The number of hydrogen-bond donors (Lipinski definition) is 0. The van der Waals surface area contributed by atoms with Crippen LogP contribution in [0.25, 0.3) is 16.7 Å². The minimum absolute atomic E-state index is 0.0308. The Morgan fingerprint density at radius 1 is 1.15 bits per heavy atom. The molecular formula is C19H19N5OS. The molecule has 3 heterocycles. The molecule has 0 radical (unpaired) electrons. The molecule has 3 aromatic heterocycles. The summed E-state index contributed by atoms with van der Waals surface area (Å²) in [5.41, 5.74) is 1.69. The fourth-order valence-corrected chi connectivity index (χ4v) is 3.77. The Morgan fingerprint density at radius 2 is 2.04 bits per heavy atom. The van der Waals surface area contributed by atoms with Crippen LogP contribution in [0.4, 0.5) is 0 Å². The molecule has 0 unspecified atom stereocenters. The van der Waals surface area contributed by atoms with Gasteiger partial charge in [0.2, 0.25) is 5.78 Å². The second-order valence-corrected chi connectivity index (χ2v) is 7.01. The van der Waals surface area contributed by atoms with Gasteiger partial charge in [-0.25, -0.2) is 15.0 Å². The summed E-state index contributed by atoms with van der Waals surface area (Å²) < 4.78 is 3.69. The largest absolute Gasteiger partial charge is 0.291 e. The van der Waals surface area contributed by atoms with Crippen molar-refractivity contribution >= 4 is 28.4 Å². The van der Waals surface area contributed by atoms with Gasteiger partial charge in [0.05, 0.1) is 16.6 Å². The molecule has 6 nitrogen and oxygen atoms in total. The molecule has 4 aromatic rings. The lowest BCUT2D eigenvalue weighted by Gasteiger charge is -2.12. The van der Waals surface area contributed by atoms with Crippen LogP contribution in [0.2, 0.25) is 0 Å². The molecule has 0 aliphatic heterocycles. The normalized spacial score (nSPS) is 11.4. The molecule has 0 amide bonds. The van der Waals surface area contributed by atoms with E-state index in [4.69, 9.17) is 4.98 Å². The van der Waals surface area contributed by atoms with Crippen molar-refractivity contribution in [1.82, 2.24) is 23.9 Å². The predicted octanol–water partition coefficient (Wildman–Crippen LogP) is 3.53. The number of unbranched alkanes of at least 4 members (excludes halogenated alkanes) is 1. The summed E-state index contributed by atoms with van der Waals surface area (Å²) in [5, 5.41) is 1.41. The number of imidazole rings is 1. The Hall–Kier alpha value is -2.67. The number of benzene rings is 1. The van der Waals surface area contributed by atoms with E-state index in [0.29, 0.717) is 23.5 Å². The molecule has 1 aromatic carbocycles. The maximum absolute atomic E-state index is 12.9. The maximum Gasteiger partial charge on any atom is 0.262 e. The average molecular weight is 365 g/mol. The summed E-state index contributed by atoms with van der Waals surface area (Å²) in [6.07, 6.45) is 7.60. The summed E-state index contributed by atoms with van der Waals surface area (Å²) in [6, 6.07) is 9.40. The van der Waals surface area contributed by atoms with Crippen LogP contribution in [0.3, 0.4) is 0 Å². The molecule has 0 N–H and O–H groups in total. The van der Waals surface area contributed by atoms with Gasteiger partial charge >= 0.3 is 0 Å². The lowest BCUT2D eigenvalue weighted by atomic mass is 10.2. The number of aromatic nitrogens is 5. The minimum atomic E-state index is 0.0308. The molecular weight excluding hydrogens is 346 g/mol. The van der Waals surface area contributed by atoms with Gasteiger partial charge in [-0.3, -0.25) is 13.8 Å². The molecule has 4 rings (SSSR count). The van der Waals surface area contributed by atoms with Crippen molar-refractivity contribution in [3.63, 3.8) is 0 Å². The van der Waals surface area contributed by atoms with Crippen molar-refractivity contribution in [2.45, 2.75) is 37.2 Å². The van der Waals surface area contributed by atoms with E-state index in [1.807, 2.05) is 47.1 Å². The lowest BCUT2D eigenvalue weighted by molar-refractivity contribution is 0.557. The predicted molar refractivity (Wildman–Crippen MR) is 103 cm³/mol. The van der Waals surface area contributed by atoms with E-state index in [0.717, 1.165) is 29.2 Å². The number of rotatable bonds is 6. The zero-order valence-electron chi connectivity index (χ0n) is 14.5. The quantitative estimate of drug-likeness (QED) is 0.386. The van der Waals surface area contributed by atoms with Crippen LogP contribution < -0.4 is 5.56 Å². The first-order chi connectivity index (χ1) is 12.8. The highest BCUT2D eigenvalue weighted by Gasteiger charge is 2.12. The third kappa shape index (κ3) is 3.22. The van der Waals surface area contributed by atoms with Crippen LogP contribution in [-0.4, -0.2) is 23.9 Å². The second kappa shape index (κ2) is 7.29. The standard InChI is InChI=1S/C19H19N5OS/c1-2-3-11-24-17(25)15-7-4-5-8-16(15)22-19(24)26-13-14-12-23-10-6-9-20-18(23)21-14/h4-10,12H,2-3,11,13H2,1H3. The van der Waals surface area contributed by atoms with Gasteiger partial charge in [0, 0.05) is 30.9 Å². The molecule has 0 saturated heterocycles. The summed E-state index contributed by atoms with van der Waals surface area (Å²) in [6.45, 7) is 2.80. The van der Waals surface area contributed by atoms with Crippen molar-refractivity contribution in [1.29, 1.82) is 0 Å². The van der Waals surface area contributed by atoms with Crippen LogP contribution in [0.15, 0.2) is 58.9 Å². The van der Waals surface area contributed by atoms with E-state index >= 15 is 0 Å². The molecule has 132 valence electrons. The Kier molecular flexibility index (Phi) is 4.71. The Bertz CT molecular complexity index is 1080. The lowest BCUT2D eigenvalue weighted by Crippen LogP contribution is -2.23. The number of thioether (sulfide) groups is 1. The van der Waals surface area contributed by atoms with Crippen molar-refractivity contribution in [2.75, 3.05) is 0 Å². The van der Waals surface area contributed by atoms with E-state index in [9.17, 15) is 4.79 Å². The third-order valence-corrected chi connectivity index (χ3v) is 5.21. The highest BCUT2D eigenvalue weighted by molar-refractivity contribution is 7.98. The van der Waals surface area contributed by atoms with Crippen molar-refractivity contribution < 1.29 is 0 Å². The van der Waals surface area contributed by atoms with Crippen LogP contribution >= 0.6 is 11.8 Å². The zero-order chi connectivity index (χ0) is 17.9. The fraction of sp³-hybridized carbons (Fsp3) is 0.263. The molecule has 0 atom stereocenters. The molecule has 0 aliphatic carbocycles. The summed E-state index contributed by atoms with van der Waals surface area (Å²) in [4.78, 5) is 26.4. The van der Waals surface area contributed by atoms with Crippen LogP contribution in [-0.2, 0) is 12.3 Å². The number of fused-ring (bicyclic) bond motifs is 2. The van der Waals surface area contributed by atoms with E-state index in [-0.39, 0.29) is 5.56 Å². The molecule has 0 saturated carbocycles. The number of hydrogen-bond acceptors (Lipinski definition) is 5. The summed E-state index contributed by atoms with van der Waals surface area (Å²) >= 11 is 1.54. The van der Waals surface area contributed by atoms with E-state index in [1.54, 1.807) is 22.5 Å². The van der Waals surface area contributed by atoms with Crippen molar-refractivity contribution in [2.24, 2.45) is 0 Å². The molecule has 0 aliphatic rings. The Morgan fingerprint density at radius 3 is 2.88 bits per heavy atom.